The van der Waals surface area contributed by atoms with E-state index in [1.165, 1.54) is 24.3 Å². The van der Waals surface area contributed by atoms with Gasteiger partial charge in [0.2, 0.25) is 0 Å². The van der Waals surface area contributed by atoms with Crippen molar-refractivity contribution in [1.29, 1.82) is 0 Å². The lowest BCUT2D eigenvalue weighted by Crippen LogP contribution is -2.39. The Morgan fingerprint density at radius 2 is 2.00 bits per heavy atom. The average molecular weight is 420 g/mol. The summed E-state index contributed by atoms with van der Waals surface area (Å²) >= 11 is 6.56. The third kappa shape index (κ3) is 4.64. The molecule has 27 heavy (non-hydrogen) atoms. The van der Waals surface area contributed by atoms with Gasteiger partial charge in [0.25, 0.3) is 11.5 Å². The summed E-state index contributed by atoms with van der Waals surface area (Å²) < 4.78 is 39.5. The van der Waals surface area contributed by atoms with Crippen LogP contribution in [0.1, 0.15) is 16.1 Å². The predicted octanol–water partition coefficient (Wildman–Crippen LogP) is 2.69. The summed E-state index contributed by atoms with van der Waals surface area (Å²) in [5, 5.41) is 2.66. The second-order valence-electron chi connectivity index (χ2n) is 5.23. The summed E-state index contributed by atoms with van der Waals surface area (Å²) in [6.45, 7) is 3.67. The number of hydrogen-bond acceptors (Lipinski definition) is 4. The maximum absolute atomic E-state index is 12.9. The summed E-state index contributed by atoms with van der Waals surface area (Å²) in [6, 6.07) is 4.48. The first-order valence-corrected chi connectivity index (χ1v) is 8.48. The maximum atomic E-state index is 12.9. The van der Waals surface area contributed by atoms with E-state index < -0.39 is 29.0 Å². The van der Waals surface area contributed by atoms with Crippen LogP contribution in [0.15, 0.2) is 51.4 Å². The van der Waals surface area contributed by atoms with Crippen LogP contribution in [0.5, 0.6) is 0 Å². The van der Waals surface area contributed by atoms with Crippen LogP contribution in [0.3, 0.4) is 0 Å². The topological polar surface area (TPSA) is 73.1 Å². The number of amides is 1. The number of aromatic nitrogens is 2. The van der Waals surface area contributed by atoms with Gasteiger partial charge >= 0.3 is 11.9 Å². The Hall–Kier alpha value is -2.46. The molecule has 144 valence electrons. The third-order valence-corrected chi connectivity index (χ3v) is 4.67. The van der Waals surface area contributed by atoms with Gasteiger partial charge in [0.15, 0.2) is 0 Å². The van der Waals surface area contributed by atoms with Crippen LogP contribution in [0, 0.1) is 0 Å². The van der Waals surface area contributed by atoms with Crippen molar-refractivity contribution in [3.63, 3.8) is 0 Å². The smallest absolute Gasteiger partial charge is 0.349 e. The van der Waals surface area contributed by atoms with Crippen molar-refractivity contribution < 1.29 is 18.0 Å². The van der Waals surface area contributed by atoms with E-state index in [0.717, 1.165) is 7.05 Å². The summed E-state index contributed by atoms with van der Waals surface area (Å²) in [7, 11) is 0.914. The van der Waals surface area contributed by atoms with Crippen LogP contribution in [0.25, 0.3) is 0 Å². The lowest BCUT2D eigenvalue weighted by atomic mass is 10.2. The molecule has 1 amide bonds. The number of nitrogens with zero attached hydrogens (tertiary/aromatic N) is 2. The van der Waals surface area contributed by atoms with E-state index in [9.17, 15) is 27.6 Å². The quantitative estimate of drug-likeness (QED) is 0.756. The number of benzene rings is 1. The highest BCUT2D eigenvalue weighted by molar-refractivity contribution is 7.97. The number of carbonyl (C=O) groups is 1. The van der Waals surface area contributed by atoms with E-state index in [-0.39, 0.29) is 22.0 Å². The van der Waals surface area contributed by atoms with Gasteiger partial charge in [-0.2, -0.15) is 17.1 Å². The summed E-state index contributed by atoms with van der Waals surface area (Å²) in [6.07, 6.45) is -3.37. The molecule has 0 saturated carbocycles. The molecular formula is C16H13ClF3N3O3S. The number of nitrogens with one attached hydrogen (secondary N) is 1. The van der Waals surface area contributed by atoms with Crippen LogP contribution in [0.4, 0.5) is 13.2 Å². The van der Waals surface area contributed by atoms with Crippen LogP contribution < -0.4 is 16.6 Å². The van der Waals surface area contributed by atoms with Gasteiger partial charge < -0.3 is 5.32 Å². The largest absolute Gasteiger partial charge is 0.431 e. The fraction of sp³-hybridized carbons (Fsp3) is 0.188. The van der Waals surface area contributed by atoms with Crippen LogP contribution in [-0.2, 0) is 13.2 Å². The van der Waals surface area contributed by atoms with Gasteiger partial charge in [-0.05, 0) is 30.1 Å². The third-order valence-electron chi connectivity index (χ3n) is 3.36. The first kappa shape index (κ1) is 20.8. The molecule has 0 aliphatic heterocycles. The molecule has 11 heteroatoms. The number of alkyl halides is 3. The summed E-state index contributed by atoms with van der Waals surface area (Å²) in [4.78, 5) is 36.5. The SMILES string of the molecule is C=CCNC(=O)c1cc(Sn2c(=O)cc(C(F)(F)F)n(C)c2=O)ccc1Cl. The Kier molecular flexibility index (Phi) is 6.22. The molecular weight excluding hydrogens is 407 g/mol. The predicted molar refractivity (Wildman–Crippen MR) is 96.2 cm³/mol. The number of hydrogen-bond donors (Lipinski definition) is 1. The van der Waals surface area contributed by atoms with Crippen molar-refractivity contribution in [2.45, 2.75) is 11.1 Å². The minimum absolute atomic E-state index is 0.0836. The lowest BCUT2D eigenvalue weighted by Gasteiger charge is -2.13. The lowest BCUT2D eigenvalue weighted by molar-refractivity contribution is -0.144. The van der Waals surface area contributed by atoms with Crippen LogP contribution in [-0.4, -0.2) is 21.0 Å². The highest BCUT2D eigenvalue weighted by Crippen LogP contribution is 2.28. The summed E-state index contributed by atoms with van der Waals surface area (Å²) in [5.74, 6) is -0.505. The van der Waals surface area contributed by atoms with Gasteiger partial charge in [-0.15, -0.1) is 6.58 Å². The molecule has 0 aliphatic carbocycles. The van der Waals surface area contributed by atoms with Gasteiger partial charge in [-0.1, -0.05) is 17.7 Å². The minimum atomic E-state index is -4.84. The van der Waals surface area contributed by atoms with Gasteiger partial charge in [0, 0.05) is 24.6 Å². The van der Waals surface area contributed by atoms with E-state index in [0.29, 0.717) is 26.6 Å². The normalized spacial score (nSPS) is 11.3. The monoisotopic (exact) mass is 419 g/mol. The second-order valence-corrected chi connectivity index (χ2v) is 6.66. The van der Waals surface area contributed by atoms with Gasteiger partial charge in [0.1, 0.15) is 5.69 Å². The zero-order chi connectivity index (χ0) is 20.4. The molecule has 1 aromatic carbocycles. The fourth-order valence-corrected chi connectivity index (χ4v) is 3.12. The molecule has 0 aliphatic rings. The Labute approximate surface area is 160 Å². The van der Waals surface area contributed by atoms with Crippen molar-refractivity contribution in [1.82, 2.24) is 13.9 Å². The summed E-state index contributed by atoms with van der Waals surface area (Å²) in [5.41, 5.74) is -3.56. The van der Waals surface area contributed by atoms with Crippen molar-refractivity contribution in [3.05, 3.63) is 74.0 Å². The zero-order valence-corrected chi connectivity index (χ0v) is 15.4. The fourth-order valence-electron chi connectivity index (χ4n) is 2.06. The second kappa shape index (κ2) is 8.05. The number of carbonyl (C=O) groups excluding carboxylic acids is 1. The molecule has 0 radical (unpaired) electrons. The molecule has 2 aromatic rings. The molecule has 0 fully saturated rings. The van der Waals surface area contributed by atoms with Crippen molar-refractivity contribution in [3.8, 4) is 0 Å². The van der Waals surface area contributed by atoms with Gasteiger partial charge in [-0.3, -0.25) is 14.2 Å². The highest BCUT2D eigenvalue weighted by atomic mass is 35.5. The van der Waals surface area contributed by atoms with E-state index in [4.69, 9.17) is 11.6 Å². The molecule has 0 unspecified atom stereocenters. The van der Waals surface area contributed by atoms with E-state index in [1.807, 2.05) is 0 Å². The molecule has 0 saturated heterocycles. The zero-order valence-electron chi connectivity index (χ0n) is 13.8. The van der Waals surface area contributed by atoms with Gasteiger partial charge in [0.05, 0.1) is 10.6 Å². The van der Waals surface area contributed by atoms with E-state index in [1.54, 1.807) is 0 Å². The van der Waals surface area contributed by atoms with Crippen molar-refractivity contribution in [2.75, 3.05) is 6.54 Å². The highest BCUT2D eigenvalue weighted by Gasteiger charge is 2.35. The first-order valence-electron chi connectivity index (χ1n) is 7.33. The van der Waals surface area contributed by atoms with Crippen molar-refractivity contribution >= 4 is 29.5 Å². The molecule has 1 N–H and O–H groups in total. The first-order chi connectivity index (χ1) is 12.6. The van der Waals surface area contributed by atoms with Crippen LogP contribution in [0.2, 0.25) is 5.02 Å². The van der Waals surface area contributed by atoms with E-state index in [2.05, 4.69) is 11.9 Å². The molecule has 0 spiro atoms. The number of rotatable bonds is 5. The average Bonchev–Trinajstić information content (AvgIpc) is 2.60. The molecule has 0 bridgehead atoms. The van der Waals surface area contributed by atoms with Gasteiger partial charge in [-0.25, -0.2) is 4.79 Å². The van der Waals surface area contributed by atoms with Crippen LogP contribution >= 0.6 is 23.5 Å². The van der Waals surface area contributed by atoms with Crippen molar-refractivity contribution in [2.24, 2.45) is 7.05 Å². The molecule has 6 nitrogen and oxygen atoms in total. The molecule has 1 heterocycles. The Morgan fingerprint density at radius 3 is 2.59 bits per heavy atom. The van der Waals surface area contributed by atoms with E-state index >= 15 is 0 Å². The molecule has 0 atom stereocenters. The Balaban J connectivity index is 2.45. The standard InChI is InChI=1S/C16H13ClF3N3O3S/c1-3-6-21-14(25)10-7-9(4-5-11(10)17)27-23-13(24)8-12(16(18,19)20)22(2)15(23)26/h3-5,7-8H,1,6H2,2H3,(H,21,25). The minimum Gasteiger partial charge on any atom is -0.349 e. The maximum Gasteiger partial charge on any atom is 0.431 e. The Morgan fingerprint density at radius 1 is 1.33 bits per heavy atom. The molecule has 1 aromatic heterocycles. The Bertz CT molecular complexity index is 1010. The molecule has 2 rings (SSSR count). The number of halogens is 4.